The van der Waals surface area contributed by atoms with Crippen LogP contribution in [0.3, 0.4) is 0 Å². The molecule has 1 aliphatic carbocycles. The first-order chi connectivity index (χ1) is 11.3. The van der Waals surface area contributed by atoms with Crippen LogP contribution in [0, 0.1) is 0 Å². The molecule has 0 radical (unpaired) electrons. The number of rotatable bonds is 2. The largest absolute Gasteiger partial charge is 0.370 e. The first-order valence-electron chi connectivity index (χ1n) is 8.95. The standard InChI is InChI=1S/C19H24BrN3/c20-16-11-4-5-12-17(16)23-19-15(10-6-7-13-21-19)18(22-23)14-8-2-1-3-9-14/h4-5,11-12,14,21H,1-3,6-10,13H2. The van der Waals surface area contributed by atoms with Gasteiger partial charge in [0, 0.05) is 22.5 Å². The summed E-state index contributed by atoms with van der Waals surface area (Å²) >= 11 is 3.70. The third-order valence-corrected chi connectivity index (χ3v) is 5.90. The molecule has 2 aliphatic rings. The minimum atomic E-state index is 0.654. The lowest BCUT2D eigenvalue weighted by atomic mass is 9.85. The van der Waals surface area contributed by atoms with E-state index in [-0.39, 0.29) is 0 Å². The molecule has 3 nitrogen and oxygen atoms in total. The van der Waals surface area contributed by atoms with E-state index >= 15 is 0 Å². The Morgan fingerprint density at radius 1 is 1.04 bits per heavy atom. The van der Waals surface area contributed by atoms with Gasteiger partial charge in [0.15, 0.2) is 0 Å². The summed E-state index contributed by atoms with van der Waals surface area (Å²) in [6.45, 7) is 1.05. The quantitative estimate of drug-likeness (QED) is 0.760. The van der Waals surface area contributed by atoms with Crippen molar-refractivity contribution in [1.29, 1.82) is 0 Å². The number of hydrogen-bond donors (Lipinski definition) is 1. The molecule has 122 valence electrons. The van der Waals surface area contributed by atoms with E-state index in [1.165, 1.54) is 68.4 Å². The molecule has 0 bridgehead atoms. The maximum absolute atomic E-state index is 5.11. The van der Waals surface area contributed by atoms with E-state index in [0.29, 0.717) is 5.92 Å². The third kappa shape index (κ3) is 2.93. The first kappa shape index (κ1) is 15.3. The second kappa shape index (κ2) is 6.68. The highest BCUT2D eigenvalue weighted by Crippen LogP contribution is 2.39. The molecule has 0 atom stereocenters. The van der Waals surface area contributed by atoms with Crippen LogP contribution in [0.5, 0.6) is 0 Å². The van der Waals surface area contributed by atoms with E-state index in [4.69, 9.17) is 5.10 Å². The molecule has 0 amide bonds. The number of para-hydroxylation sites is 1. The zero-order valence-electron chi connectivity index (χ0n) is 13.5. The number of hydrogen-bond acceptors (Lipinski definition) is 2. The Hall–Kier alpha value is -1.29. The molecular weight excluding hydrogens is 350 g/mol. The Labute approximate surface area is 146 Å². The average molecular weight is 374 g/mol. The van der Waals surface area contributed by atoms with Gasteiger partial charge in [-0.05, 0) is 60.2 Å². The van der Waals surface area contributed by atoms with Crippen molar-refractivity contribution in [3.05, 3.63) is 40.0 Å². The second-order valence-corrected chi connectivity index (χ2v) is 7.65. The van der Waals surface area contributed by atoms with Crippen LogP contribution in [0.4, 0.5) is 5.82 Å². The predicted octanol–water partition coefficient (Wildman–Crippen LogP) is 5.43. The van der Waals surface area contributed by atoms with Crippen molar-refractivity contribution in [2.24, 2.45) is 0 Å². The number of nitrogens with one attached hydrogen (secondary N) is 1. The number of halogens is 1. The first-order valence-corrected chi connectivity index (χ1v) is 9.74. The van der Waals surface area contributed by atoms with Crippen LogP contribution < -0.4 is 5.32 Å². The van der Waals surface area contributed by atoms with Gasteiger partial charge in [0.25, 0.3) is 0 Å². The van der Waals surface area contributed by atoms with Gasteiger partial charge in [0.1, 0.15) is 5.82 Å². The van der Waals surface area contributed by atoms with Crippen molar-refractivity contribution < 1.29 is 0 Å². The summed E-state index contributed by atoms with van der Waals surface area (Å²) in [6.07, 6.45) is 10.4. The molecule has 1 aromatic carbocycles. The normalized spacial score (nSPS) is 19.0. The topological polar surface area (TPSA) is 29.9 Å². The van der Waals surface area contributed by atoms with Gasteiger partial charge in [-0.1, -0.05) is 31.4 Å². The highest BCUT2D eigenvalue weighted by Gasteiger charge is 2.27. The highest BCUT2D eigenvalue weighted by molar-refractivity contribution is 9.10. The lowest BCUT2D eigenvalue weighted by molar-refractivity contribution is 0.432. The van der Waals surface area contributed by atoms with Crippen molar-refractivity contribution >= 4 is 21.7 Å². The van der Waals surface area contributed by atoms with Crippen LogP contribution in [0.25, 0.3) is 5.69 Å². The van der Waals surface area contributed by atoms with Crippen molar-refractivity contribution in [1.82, 2.24) is 9.78 Å². The van der Waals surface area contributed by atoms with Gasteiger partial charge in [-0.3, -0.25) is 0 Å². The van der Waals surface area contributed by atoms with Gasteiger partial charge in [-0.15, -0.1) is 0 Å². The fourth-order valence-electron chi connectivity index (χ4n) is 4.03. The summed E-state index contributed by atoms with van der Waals surface area (Å²) in [5.41, 5.74) is 3.98. The van der Waals surface area contributed by atoms with Gasteiger partial charge in [-0.25, -0.2) is 4.68 Å². The Bertz CT molecular complexity index is 686. The summed E-state index contributed by atoms with van der Waals surface area (Å²) in [7, 11) is 0. The monoisotopic (exact) mass is 373 g/mol. The van der Waals surface area contributed by atoms with E-state index in [0.717, 1.165) is 16.7 Å². The van der Waals surface area contributed by atoms with E-state index in [1.807, 2.05) is 0 Å². The van der Waals surface area contributed by atoms with Crippen molar-refractivity contribution in [2.45, 2.75) is 57.3 Å². The Morgan fingerprint density at radius 2 is 1.87 bits per heavy atom. The Kier molecular flexibility index (Phi) is 4.43. The maximum Gasteiger partial charge on any atom is 0.133 e. The van der Waals surface area contributed by atoms with E-state index in [1.54, 1.807) is 0 Å². The van der Waals surface area contributed by atoms with Crippen LogP contribution in [0.15, 0.2) is 28.7 Å². The van der Waals surface area contributed by atoms with E-state index in [2.05, 4.69) is 50.2 Å². The molecule has 0 spiro atoms. The molecule has 0 saturated heterocycles. The van der Waals surface area contributed by atoms with Crippen molar-refractivity contribution in [3.63, 3.8) is 0 Å². The SMILES string of the molecule is Brc1ccccc1-n1nc(C2CCCCC2)c2c1NCCCC2. The molecule has 0 unspecified atom stereocenters. The maximum atomic E-state index is 5.11. The average Bonchev–Trinajstić information content (AvgIpc) is 2.78. The van der Waals surface area contributed by atoms with E-state index in [9.17, 15) is 0 Å². The van der Waals surface area contributed by atoms with Gasteiger partial charge in [0.2, 0.25) is 0 Å². The summed E-state index contributed by atoms with van der Waals surface area (Å²) in [5.74, 6) is 1.89. The van der Waals surface area contributed by atoms with Crippen molar-refractivity contribution in [3.8, 4) is 5.69 Å². The lowest BCUT2D eigenvalue weighted by Gasteiger charge is -2.20. The number of benzene rings is 1. The van der Waals surface area contributed by atoms with Gasteiger partial charge in [0.05, 0.1) is 11.4 Å². The molecule has 1 N–H and O–H groups in total. The number of anilines is 1. The number of fused-ring (bicyclic) bond motifs is 1. The second-order valence-electron chi connectivity index (χ2n) is 6.79. The van der Waals surface area contributed by atoms with Crippen LogP contribution >= 0.6 is 15.9 Å². The third-order valence-electron chi connectivity index (χ3n) is 5.23. The molecule has 1 fully saturated rings. The Balaban J connectivity index is 1.83. The van der Waals surface area contributed by atoms with Crippen LogP contribution in [-0.2, 0) is 6.42 Å². The molecule has 1 aliphatic heterocycles. The highest BCUT2D eigenvalue weighted by atomic mass is 79.9. The molecular formula is C19H24BrN3. The molecule has 1 aromatic heterocycles. The predicted molar refractivity (Wildman–Crippen MR) is 98.5 cm³/mol. The molecule has 23 heavy (non-hydrogen) atoms. The van der Waals surface area contributed by atoms with Gasteiger partial charge >= 0.3 is 0 Å². The van der Waals surface area contributed by atoms with Gasteiger partial charge in [-0.2, -0.15) is 5.10 Å². The number of aromatic nitrogens is 2. The minimum Gasteiger partial charge on any atom is -0.370 e. The van der Waals surface area contributed by atoms with Crippen LogP contribution in [0.1, 0.15) is 62.1 Å². The smallest absolute Gasteiger partial charge is 0.133 e. The fraction of sp³-hybridized carbons (Fsp3) is 0.526. The Morgan fingerprint density at radius 3 is 2.70 bits per heavy atom. The zero-order chi connectivity index (χ0) is 15.6. The molecule has 2 aromatic rings. The minimum absolute atomic E-state index is 0.654. The summed E-state index contributed by atoms with van der Waals surface area (Å²) < 4.78 is 3.25. The molecule has 1 saturated carbocycles. The van der Waals surface area contributed by atoms with Gasteiger partial charge < -0.3 is 5.32 Å². The number of nitrogens with zero attached hydrogens (tertiary/aromatic N) is 2. The lowest BCUT2D eigenvalue weighted by Crippen LogP contribution is -2.09. The summed E-state index contributed by atoms with van der Waals surface area (Å²) in [6, 6.07) is 8.39. The molecule has 4 heteroatoms. The summed E-state index contributed by atoms with van der Waals surface area (Å²) in [5, 5.41) is 8.77. The van der Waals surface area contributed by atoms with Crippen LogP contribution in [0.2, 0.25) is 0 Å². The van der Waals surface area contributed by atoms with Crippen molar-refractivity contribution in [2.75, 3.05) is 11.9 Å². The molecule has 2 heterocycles. The van der Waals surface area contributed by atoms with E-state index < -0.39 is 0 Å². The zero-order valence-corrected chi connectivity index (χ0v) is 15.1. The summed E-state index contributed by atoms with van der Waals surface area (Å²) in [4.78, 5) is 0. The van der Waals surface area contributed by atoms with Crippen LogP contribution in [-0.4, -0.2) is 16.3 Å². The fourth-order valence-corrected chi connectivity index (χ4v) is 4.48. The molecule has 4 rings (SSSR count).